The minimum Gasteiger partial charge on any atom is -0.394 e. The van der Waals surface area contributed by atoms with Crippen molar-refractivity contribution in [2.24, 2.45) is 0 Å². The van der Waals surface area contributed by atoms with E-state index in [1.807, 2.05) is 30.3 Å². The van der Waals surface area contributed by atoms with Crippen molar-refractivity contribution in [2.45, 2.75) is 6.92 Å². The molecule has 0 radical (unpaired) electrons. The van der Waals surface area contributed by atoms with E-state index in [4.69, 9.17) is 10.2 Å². The molecule has 0 aliphatic carbocycles. The van der Waals surface area contributed by atoms with Gasteiger partial charge in [0, 0.05) is 5.56 Å². The number of benzene rings is 1. The first-order valence-electron chi connectivity index (χ1n) is 4.00. The molecule has 1 aromatic carbocycles. The van der Waals surface area contributed by atoms with E-state index in [1.54, 1.807) is 6.92 Å². The number of carbonyl (C=O) groups is 1. The molecule has 0 aliphatic heterocycles. The summed E-state index contributed by atoms with van der Waals surface area (Å²) in [5.74, 6) is 0.121. The summed E-state index contributed by atoms with van der Waals surface area (Å²) in [5.41, 5.74) is 0.775. The summed E-state index contributed by atoms with van der Waals surface area (Å²) in [4.78, 5) is 10.6. The fraction of sp³-hybridized carbons (Fsp3) is 0.300. The van der Waals surface area contributed by atoms with Gasteiger partial charge in [-0.05, 0) is 6.92 Å². The molecule has 0 aromatic heterocycles. The molecule has 0 amide bonds. The second-order valence-corrected chi connectivity index (χ2v) is 2.37. The zero-order valence-electron chi connectivity index (χ0n) is 7.60. The van der Waals surface area contributed by atoms with Gasteiger partial charge in [-0.3, -0.25) is 4.79 Å². The highest BCUT2D eigenvalue weighted by atomic mass is 16.3. The maximum absolute atomic E-state index is 10.6. The Hall–Kier alpha value is -1.19. The van der Waals surface area contributed by atoms with Crippen LogP contribution in [0.1, 0.15) is 17.3 Å². The number of aliphatic hydroxyl groups excluding tert-OH is 2. The summed E-state index contributed by atoms with van der Waals surface area (Å²) in [6.45, 7) is 1.31. The standard InChI is InChI=1S/C8H8O.C2H6O2/c1-7(9)8-5-3-2-4-6-8;3-1-2-4/h2-6H,1H3;3-4H,1-2H2. The summed E-state index contributed by atoms with van der Waals surface area (Å²) in [5, 5.41) is 15.2. The van der Waals surface area contributed by atoms with Crippen LogP contribution >= 0.6 is 0 Å². The lowest BCUT2D eigenvalue weighted by atomic mass is 10.2. The van der Waals surface area contributed by atoms with Crippen LogP contribution in [0.25, 0.3) is 0 Å². The van der Waals surface area contributed by atoms with Gasteiger partial charge >= 0.3 is 0 Å². The predicted octanol–water partition coefficient (Wildman–Crippen LogP) is 0.860. The molecule has 1 aromatic rings. The second-order valence-electron chi connectivity index (χ2n) is 2.37. The molecule has 0 bridgehead atoms. The van der Waals surface area contributed by atoms with Gasteiger partial charge < -0.3 is 10.2 Å². The number of rotatable bonds is 2. The lowest BCUT2D eigenvalue weighted by Crippen LogP contribution is -1.88. The van der Waals surface area contributed by atoms with Crippen LogP contribution in [0.2, 0.25) is 0 Å². The van der Waals surface area contributed by atoms with E-state index in [-0.39, 0.29) is 19.0 Å². The number of carbonyl (C=O) groups excluding carboxylic acids is 1. The van der Waals surface area contributed by atoms with Crippen LogP contribution in [0.3, 0.4) is 0 Å². The van der Waals surface area contributed by atoms with Crippen LogP contribution < -0.4 is 0 Å². The number of hydrogen-bond acceptors (Lipinski definition) is 3. The molecule has 3 heteroatoms. The van der Waals surface area contributed by atoms with Gasteiger partial charge in [0.1, 0.15) is 0 Å². The summed E-state index contributed by atoms with van der Waals surface area (Å²) < 4.78 is 0. The first kappa shape index (κ1) is 11.8. The van der Waals surface area contributed by atoms with E-state index < -0.39 is 0 Å². The second kappa shape index (κ2) is 7.46. The lowest BCUT2D eigenvalue weighted by Gasteiger charge is -1.89. The predicted molar refractivity (Wildman–Crippen MR) is 50.6 cm³/mol. The molecule has 0 atom stereocenters. The van der Waals surface area contributed by atoms with E-state index in [2.05, 4.69) is 0 Å². The molecule has 0 heterocycles. The molecule has 0 saturated heterocycles. The Labute approximate surface area is 77.6 Å². The average molecular weight is 182 g/mol. The quantitative estimate of drug-likeness (QED) is 0.667. The third-order valence-electron chi connectivity index (χ3n) is 1.28. The Morgan fingerprint density at radius 2 is 1.62 bits per heavy atom. The Kier molecular flexibility index (Phi) is 6.78. The molecule has 13 heavy (non-hydrogen) atoms. The van der Waals surface area contributed by atoms with Crippen molar-refractivity contribution in [3.05, 3.63) is 35.9 Å². The van der Waals surface area contributed by atoms with Crippen LogP contribution in [0.5, 0.6) is 0 Å². The molecular weight excluding hydrogens is 168 g/mol. The van der Waals surface area contributed by atoms with Crippen LogP contribution in [0.4, 0.5) is 0 Å². The van der Waals surface area contributed by atoms with E-state index in [1.165, 1.54) is 0 Å². The van der Waals surface area contributed by atoms with Crippen molar-refractivity contribution in [1.82, 2.24) is 0 Å². The monoisotopic (exact) mass is 182 g/mol. The number of aliphatic hydroxyl groups is 2. The first-order valence-corrected chi connectivity index (χ1v) is 4.00. The molecule has 3 nitrogen and oxygen atoms in total. The Morgan fingerprint density at radius 1 is 1.15 bits per heavy atom. The molecule has 0 saturated carbocycles. The van der Waals surface area contributed by atoms with Crippen molar-refractivity contribution in [3.63, 3.8) is 0 Å². The Morgan fingerprint density at radius 3 is 1.85 bits per heavy atom. The third-order valence-corrected chi connectivity index (χ3v) is 1.28. The summed E-state index contributed by atoms with van der Waals surface area (Å²) in [7, 11) is 0. The van der Waals surface area contributed by atoms with Gasteiger partial charge in [-0.1, -0.05) is 30.3 Å². The molecule has 0 fully saturated rings. The van der Waals surface area contributed by atoms with Crippen molar-refractivity contribution in [2.75, 3.05) is 13.2 Å². The maximum Gasteiger partial charge on any atom is 0.159 e. The topological polar surface area (TPSA) is 57.5 Å². The third kappa shape index (κ3) is 6.02. The molecule has 2 N–H and O–H groups in total. The van der Waals surface area contributed by atoms with Gasteiger partial charge in [-0.2, -0.15) is 0 Å². The average Bonchev–Trinajstić information content (AvgIpc) is 2.19. The van der Waals surface area contributed by atoms with E-state index in [0.29, 0.717) is 0 Å². The van der Waals surface area contributed by atoms with Gasteiger partial charge in [-0.15, -0.1) is 0 Å². The zero-order valence-corrected chi connectivity index (χ0v) is 7.60. The molecule has 1 rings (SSSR count). The van der Waals surface area contributed by atoms with Gasteiger partial charge in [0.05, 0.1) is 13.2 Å². The van der Waals surface area contributed by atoms with Crippen molar-refractivity contribution >= 4 is 5.78 Å². The van der Waals surface area contributed by atoms with E-state index in [9.17, 15) is 4.79 Å². The van der Waals surface area contributed by atoms with Crippen molar-refractivity contribution in [3.8, 4) is 0 Å². The number of hydrogen-bond donors (Lipinski definition) is 2. The smallest absolute Gasteiger partial charge is 0.159 e. The van der Waals surface area contributed by atoms with Gasteiger partial charge in [-0.25, -0.2) is 0 Å². The summed E-state index contributed by atoms with van der Waals surface area (Å²) in [6.07, 6.45) is 0. The van der Waals surface area contributed by atoms with E-state index in [0.717, 1.165) is 5.56 Å². The van der Waals surface area contributed by atoms with Gasteiger partial charge in [0.15, 0.2) is 5.78 Å². The molecular formula is C10H14O3. The minimum absolute atomic E-state index is 0.121. The first-order chi connectivity index (χ1) is 6.22. The van der Waals surface area contributed by atoms with Crippen LogP contribution in [-0.2, 0) is 0 Å². The minimum atomic E-state index is -0.125. The summed E-state index contributed by atoms with van der Waals surface area (Å²) >= 11 is 0. The fourth-order valence-electron chi connectivity index (χ4n) is 0.673. The SMILES string of the molecule is CC(=O)c1ccccc1.OCCO. The van der Waals surface area contributed by atoms with Crippen LogP contribution in [-0.4, -0.2) is 29.2 Å². The summed E-state index contributed by atoms with van der Waals surface area (Å²) in [6, 6.07) is 9.23. The Balaban J connectivity index is 0.000000310. The van der Waals surface area contributed by atoms with Crippen molar-refractivity contribution < 1.29 is 15.0 Å². The van der Waals surface area contributed by atoms with E-state index >= 15 is 0 Å². The highest BCUT2D eigenvalue weighted by molar-refractivity contribution is 5.93. The molecule has 0 unspecified atom stereocenters. The molecule has 72 valence electrons. The van der Waals surface area contributed by atoms with Crippen molar-refractivity contribution in [1.29, 1.82) is 0 Å². The highest BCUT2D eigenvalue weighted by Crippen LogP contribution is 1.97. The number of ketones is 1. The fourth-order valence-corrected chi connectivity index (χ4v) is 0.673. The van der Waals surface area contributed by atoms with Crippen LogP contribution in [0.15, 0.2) is 30.3 Å². The van der Waals surface area contributed by atoms with Gasteiger partial charge in [0.25, 0.3) is 0 Å². The normalized spacial score (nSPS) is 8.54. The molecule has 0 spiro atoms. The highest BCUT2D eigenvalue weighted by Gasteiger charge is 1.92. The number of Topliss-reactive ketones (excluding diaryl/α,β-unsaturated/α-hetero) is 1. The lowest BCUT2D eigenvalue weighted by molar-refractivity contribution is 0.101. The van der Waals surface area contributed by atoms with Gasteiger partial charge in [0.2, 0.25) is 0 Å². The van der Waals surface area contributed by atoms with Crippen LogP contribution in [0, 0.1) is 0 Å². The molecule has 0 aliphatic rings. The Bertz CT molecular complexity index is 229. The zero-order chi connectivity index (χ0) is 10.1. The maximum atomic E-state index is 10.6. The largest absolute Gasteiger partial charge is 0.394 e.